The van der Waals surface area contributed by atoms with Crippen molar-refractivity contribution in [2.45, 2.75) is 17.7 Å². The Bertz CT molecular complexity index is 1180. The number of piperidine rings is 1. The van der Waals surface area contributed by atoms with Gasteiger partial charge in [-0.15, -0.1) is 5.10 Å². The predicted molar refractivity (Wildman–Crippen MR) is 111 cm³/mol. The average Bonchev–Trinajstić information content (AvgIpc) is 3.31. The maximum Gasteiger partial charge on any atom is 0.243 e. The van der Waals surface area contributed by atoms with Gasteiger partial charge in [0, 0.05) is 24.7 Å². The molecule has 1 fully saturated rings. The Labute approximate surface area is 182 Å². The minimum Gasteiger partial charge on any atom is -0.326 e. The number of hydrogen-bond acceptors (Lipinski definition) is 6. The van der Waals surface area contributed by atoms with Crippen LogP contribution in [0, 0.1) is 11.7 Å². The van der Waals surface area contributed by atoms with Crippen molar-refractivity contribution in [2.24, 2.45) is 5.92 Å². The molecule has 0 atom stereocenters. The van der Waals surface area contributed by atoms with Crippen molar-refractivity contribution in [2.75, 3.05) is 18.4 Å². The number of aromatic nitrogens is 4. The Hall–Kier alpha value is -2.89. The molecular weight excluding hydrogens is 447 g/mol. The number of carbonyl (C=O) groups excluding carboxylic acids is 1. The lowest BCUT2D eigenvalue weighted by Gasteiger charge is -2.30. The molecule has 162 valence electrons. The third-order valence-electron chi connectivity index (χ3n) is 5.10. The van der Waals surface area contributed by atoms with Crippen LogP contribution >= 0.6 is 11.6 Å². The lowest BCUT2D eigenvalue weighted by atomic mass is 9.97. The molecule has 3 aromatic rings. The molecule has 0 saturated carbocycles. The van der Waals surface area contributed by atoms with Gasteiger partial charge in [0.25, 0.3) is 0 Å². The number of sulfonamides is 1. The standard InChI is InChI=1S/C19H18ClFN6O3S/c20-17-11-16(5-6-18(17)21)31(29,30)26-9-7-13(8-10-26)19(28)23-14-1-3-15(4-2-14)27-12-22-24-25-27/h1-6,11-13H,7-10H2,(H,23,28). The fraction of sp³-hybridized carbons (Fsp3) is 0.263. The minimum atomic E-state index is -3.80. The van der Waals surface area contributed by atoms with E-state index in [0.717, 1.165) is 17.8 Å². The van der Waals surface area contributed by atoms with Crippen molar-refractivity contribution in [3.05, 3.63) is 59.6 Å². The first-order valence-electron chi connectivity index (χ1n) is 9.44. The van der Waals surface area contributed by atoms with Crippen molar-refractivity contribution < 1.29 is 17.6 Å². The second kappa shape index (κ2) is 8.69. The van der Waals surface area contributed by atoms with Gasteiger partial charge in [-0.05, 0) is 65.7 Å². The molecule has 1 aromatic heterocycles. The molecular formula is C19H18ClFN6O3S. The Morgan fingerprint density at radius 2 is 1.84 bits per heavy atom. The van der Waals surface area contributed by atoms with Gasteiger partial charge in [0.2, 0.25) is 15.9 Å². The zero-order valence-electron chi connectivity index (χ0n) is 16.1. The summed E-state index contributed by atoms with van der Waals surface area (Å²) in [6, 6.07) is 10.3. The molecule has 0 aliphatic carbocycles. The van der Waals surface area contributed by atoms with Gasteiger partial charge in [0.15, 0.2) is 0 Å². The summed E-state index contributed by atoms with van der Waals surface area (Å²) < 4.78 is 41.7. The highest BCUT2D eigenvalue weighted by Gasteiger charge is 2.32. The fourth-order valence-corrected chi connectivity index (χ4v) is 5.11. The van der Waals surface area contributed by atoms with Crippen molar-refractivity contribution in [3.8, 4) is 5.69 Å². The summed E-state index contributed by atoms with van der Waals surface area (Å²) in [5, 5.41) is 13.6. The Morgan fingerprint density at radius 3 is 2.45 bits per heavy atom. The van der Waals surface area contributed by atoms with E-state index in [1.54, 1.807) is 24.3 Å². The molecule has 1 N–H and O–H groups in total. The van der Waals surface area contributed by atoms with Crippen LogP contribution < -0.4 is 5.32 Å². The van der Waals surface area contributed by atoms with Crippen molar-refractivity contribution in [3.63, 3.8) is 0 Å². The molecule has 1 amide bonds. The summed E-state index contributed by atoms with van der Waals surface area (Å²) in [6.07, 6.45) is 2.22. The fourth-order valence-electron chi connectivity index (χ4n) is 3.37. The zero-order chi connectivity index (χ0) is 22.0. The van der Waals surface area contributed by atoms with Crippen LogP contribution in [0.1, 0.15) is 12.8 Å². The Morgan fingerprint density at radius 1 is 1.13 bits per heavy atom. The number of tetrazole rings is 1. The molecule has 2 heterocycles. The lowest BCUT2D eigenvalue weighted by molar-refractivity contribution is -0.120. The molecule has 0 radical (unpaired) electrons. The van der Waals surface area contributed by atoms with E-state index in [2.05, 4.69) is 20.8 Å². The second-order valence-electron chi connectivity index (χ2n) is 7.04. The molecule has 0 unspecified atom stereocenters. The van der Waals surface area contributed by atoms with Crippen molar-refractivity contribution >= 4 is 33.2 Å². The Kier molecular flexibility index (Phi) is 5.99. The first-order chi connectivity index (χ1) is 14.8. The number of anilines is 1. The number of hydrogen-bond donors (Lipinski definition) is 1. The van der Waals surface area contributed by atoms with Crippen LogP contribution in [0.15, 0.2) is 53.7 Å². The molecule has 1 aliphatic heterocycles. The van der Waals surface area contributed by atoms with Crippen LogP contribution in [0.5, 0.6) is 0 Å². The van der Waals surface area contributed by atoms with Crippen LogP contribution in [0.4, 0.5) is 10.1 Å². The molecule has 1 aliphatic rings. The summed E-state index contributed by atoms with van der Waals surface area (Å²) >= 11 is 5.72. The minimum absolute atomic E-state index is 0.0653. The highest BCUT2D eigenvalue weighted by Crippen LogP contribution is 2.27. The average molecular weight is 465 g/mol. The van der Waals surface area contributed by atoms with Crippen LogP contribution in [-0.2, 0) is 14.8 Å². The van der Waals surface area contributed by atoms with Gasteiger partial charge >= 0.3 is 0 Å². The number of benzene rings is 2. The maximum atomic E-state index is 13.3. The van der Waals surface area contributed by atoms with Crippen LogP contribution in [0.25, 0.3) is 5.69 Å². The van der Waals surface area contributed by atoms with Gasteiger partial charge in [0.05, 0.1) is 15.6 Å². The number of nitrogens with zero attached hydrogens (tertiary/aromatic N) is 5. The SMILES string of the molecule is O=C(Nc1ccc(-n2cnnn2)cc1)C1CCN(S(=O)(=O)c2ccc(F)c(Cl)c2)CC1. The number of amides is 1. The monoisotopic (exact) mass is 464 g/mol. The van der Waals surface area contributed by atoms with Gasteiger partial charge in [-0.1, -0.05) is 11.6 Å². The number of carbonyl (C=O) groups is 1. The molecule has 4 rings (SSSR count). The third kappa shape index (κ3) is 4.58. The second-order valence-corrected chi connectivity index (χ2v) is 9.39. The molecule has 1 saturated heterocycles. The summed E-state index contributed by atoms with van der Waals surface area (Å²) in [5.74, 6) is -1.17. The van der Waals surface area contributed by atoms with E-state index in [1.165, 1.54) is 21.4 Å². The van der Waals surface area contributed by atoms with Gasteiger partial charge in [-0.25, -0.2) is 17.5 Å². The van der Waals surface area contributed by atoms with E-state index in [-0.39, 0.29) is 34.8 Å². The van der Waals surface area contributed by atoms with Crippen molar-refractivity contribution in [1.29, 1.82) is 0 Å². The molecule has 2 aromatic carbocycles. The quantitative estimate of drug-likeness (QED) is 0.621. The smallest absolute Gasteiger partial charge is 0.243 e. The highest BCUT2D eigenvalue weighted by molar-refractivity contribution is 7.89. The molecule has 31 heavy (non-hydrogen) atoms. The first kappa shape index (κ1) is 21.3. The van der Waals surface area contributed by atoms with Crippen LogP contribution in [0.3, 0.4) is 0 Å². The largest absolute Gasteiger partial charge is 0.326 e. The van der Waals surface area contributed by atoms with Gasteiger partial charge in [-0.3, -0.25) is 4.79 Å². The third-order valence-corrected chi connectivity index (χ3v) is 7.29. The van der Waals surface area contributed by atoms with Gasteiger partial charge in [-0.2, -0.15) is 4.31 Å². The van der Waals surface area contributed by atoms with E-state index in [1.807, 2.05) is 0 Å². The molecule has 0 bridgehead atoms. The maximum absolute atomic E-state index is 13.3. The van der Waals surface area contributed by atoms with Crippen molar-refractivity contribution in [1.82, 2.24) is 24.5 Å². The van der Waals surface area contributed by atoms with Gasteiger partial charge in [0.1, 0.15) is 12.1 Å². The summed E-state index contributed by atoms with van der Waals surface area (Å²) in [5.41, 5.74) is 1.38. The predicted octanol–water partition coefficient (Wildman–Crippen LogP) is 2.49. The summed E-state index contributed by atoms with van der Waals surface area (Å²) in [4.78, 5) is 12.5. The highest BCUT2D eigenvalue weighted by atomic mass is 35.5. The van der Waals surface area contributed by atoms with Crippen LogP contribution in [0.2, 0.25) is 5.02 Å². The number of rotatable bonds is 5. The van der Waals surface area contributed by atoms with E-state index in [4.69, 9.17) is 11.6 Å². The van der Waals surface area contributed by atoms with Crippen LogP contribution in [-0.4, -0.2) is 51.9 Å². The first-order valence-corrected chi connectivity index (χ1v) is 11.3. The molecule has 12 heteroatoms. The zero-order valence-corrected chi connectivity index (χ0v) is 17.7. The number of halogens is 2. The van der Waals surface area contributed by atoms with E-state index in [0.29, 0.717) is 18.5 Å². The van der Waals surface area contributed by atoms with E-state index in [9.17, 15) is 17.6 Å². The van der Waals surface area contributed by atoms with E-state index < -0.39 is 15.8 Å². The molecule has 9 nitrogen and oxygen atoms in total. The normalized spacial score (nSPS) is 15.7. The number of nitrogens with one attached hydrogen (secondary N) is 1. The summed E-state index contributed by atoms with van der Waals surface area (Å²) in [7, 11) is -3.80. The van der Waals surface area contributed by atoms with Gasteiger partial charge < -0.3 is 5.32 Å². The molecule has 0 spiro atoms. The topological polar surface area (TPSA) is 110 Å². The van der Waals surface area contributed by atoms with E-state index >= 15 is 0 Å². The Balaban J connectivity index is 1.36. The summed E-state index contributed by atoms with van der Waals surface area (Å²) in [6.45, 7) is 0.376. The lowest BCUT2D eigenvalue weighted by Crippen LogP contribution is -2.41.